The quantitative estimate of drug-likeness (QED) is 0.507. The first kappa shape index (κ1) is 22.2. The highest BCUT2D eigenvalue weighted by Gasteiger charge is 2.43. The van der Waals surface area contributed by atoms with Gasteiger partial charge >= 0.3 is 5.97 Å². The van der Waals surface area contributed by atoms with E-state index in [4.69, 9.17) is 9.26 Å². The summed E-state index contributed by atoms with van der Waals surface area (Å²) in [6.07, 6.45) is 0.712. The molecule has 8 heteroatoms. The molecular formula is C24H27N3O4S. The van der Waals surface area contributed by atoms with E-state index in [1.165, 1.54) is 11.3 Å². The Labute approximate surface area is 191 Å². The van der Waals surface area contributed by atoms with Gasteiger partial charge in [-0.1, -0.05) is 49.7 Å². The number of hydrogen-bond acceptors (Lipinski definition) is 7. The molecule has 0 radical (unpaired) electrons. The van der Waals surface area contributed by atoms with Crippen molar-refractivity contribution in [3.8, 4) is 0 Å². The average Bonchev–Trinajstić information content (AvgIpc) is 3.44. The molecular weight excluding hydrogens is 426 g/mol. The first-order chi connectivity index (χ1) is 15.2. The lowest BCUT2D eigenvalue weighted by Gasteiger charge is -2.39. The van der Waals surface area contributed by atoms with E-state index < -0.39 is 12.0 Å². The van der Waals surface area contributed by atoms with Crippen LogP contribution in [0.1, 0.15) is 61.8 Å². The predicted octanol–water partition coefficient (Wildman–Crippen LogP) is 4.96. The van der Waals surface area contributed by atoms with Gasteiger partial charge in [0.25, 0.3) is 5.89 Å². The van der Waals surface area contributed by atoms with Crippen LogP contribution in [0.25, 0.3) is 0 Å². The van der Waals surface area contributed by atoms with Crippen molar-refractivity contribution in [2.24, 2.45) is 5.92 Å². The molecule has 3 aromatic rings. The summed E-state index contributed by atoms with van der Waals surface area (Å²) in [7, 11) is 0. The molecule has 7 nitrogen and oxygen atoms in total. The van der Waals surface area contributed by atoms with Gasteiger partial charge in [0.05, 0.1) is 12.0 Å². The molecule has 1 saturated heterocycles. The van der Waals surface area contributed by atoms with Gasteiger partial charge in [0, 0.05) is 22.4 Å². The SMILES string of the molecule is Cc1ccc(N2C(=O)CC[C@H](C(=O)OCc3nc(C(C)(C)C)no3)[C@H]2c2cccs2)cc1. The fourth-order valence-electron chi connectivity index (χ4n) is 3.79. The standard InChI is InChI=1S/C24H27N3O4S/c1-15-7-9-16(10-8-15)27-20(28)12-11-17(21(27)18-6-5-13-32-18)22(29)30-14-19-25-23(26-31-19)24(2,3)4/h5-10,13,17,21H,11-12,14H2,1-4H3/t17-,21-/m0/s1. The van der Waals surface area contributed by atoms with Gasteiger partial charge in [-0.2, -0.15) is 4.98 Å². The van der Waals surface area contributed by atoms with Crippen LogP contribution in [0.15, 0.2) is 46.3 Å². The minimum atomic E-state index is -0.488. The second-order valence-electron chi connectivity index (χ2n) is 9.07. The normalized spacial score (nSPS) is 19.2. The van der Waals surface area contributed by atoms with Crippen LogP contribution in [0.2, 0.25) is 0 Å². The summed E-state index contributed by atoms with van der Waals surface area (Å²) < 4.78 is 10.8. The van der Waals surface area contributed by atoms with Gasteiger partial charge in [-0.3, -0.25) is 9.59 Å². The summed E-state index contributed by atoms with van der Waals surface area (Å²) in [5, 5.41) is 5.93. The maximum atomic E-state index is 13.2. The number of esters is 1. The smallest absolute Gasteiger partial charge is 0.311 e. The number of piperidine rings is 1. The van der Waals surface area contributed by atoms with Crippen molar-refractivity contribution in [2.45, 2.75) is 58.6 Å². The molecule has 0 aliphatic carbocycles. The molecule has 1 fully saturated rings. The number of rotatable bonds is 5. The van der Waals surface area contributed by atoms with Crippen molar-refractivity contribution in [1.29, 1.82) is 0 Å². The number of amides is 1. The number of aryl methyl sites for hydroxylation is 1. The third-order valence-electron chi connectivity index (χ3n) is 5.52. The average molecular weight is 454 g/mol. The second-order valence-corrected chi connectivity index (χ2v) is 10.1. The van der Waals surface area contributed by atoms with E-state index in [0.717, 1.165) is 16.1 Å². The highest BCUT2D eigenvalue weighted by atomic mass is 32.1. The zero-order valence-electron chi connectivity index (χ0n) is 18.7. The van der Waals surface area contributed by atoms with E-state index in [2.05, 4.69) is 10.1 Å². The van der Waals surface area contributed by atoms with Crippen molar-refractivity contribution in [3.63, 3.8) is 0 Å². The van der Waals surface area contributed by atoms with Gasteiger partial charge in [-0.15, -0.1) is 11.3 Å². The maximum Gasteiger partial charge on any atom is 0.311 e. The Balaban J connectivity index is 1.57. The first-order valence-corrected chi connectivity index (χ1v) is 11.5. The number of nitrogens with zero attached hydrogens (tertiary/aromatic N) is 3. The molecule has 1 amide bonds. The number of carbonyl (C=O) groups is 2. The molecule has 2 atom stereocenters. The number of thiophene rings is 1. The number of anilines is 1. The van der Waals surface area contributed by atoms with Crippen LogP contribution in [-0.4, -0.2) is 22.0 Å². The fourth-order valence-corrected chi connectivity index (χ4v) is 4.67. The molecule has 0 spiro atoms. The van der Waals surface area contributed by atoms with Gasteiger partial charge in [-0.25, -0.2) is 0 Å². The Morgan fingerprint density at radius 2 is 2.00 bits per heavy atom. The third kappa shape index (κ3) is 4.60. The Hall–Kier alpha value is -3.00. The summed E-state index contributed by atoms with van der Waals surface area (Å²) in [4.78, 5) is 33.2. The van der Waals surface area contributed by atoms with Crippen molar-refractivity contribution in [1.82, 2.24) is 10.1 Å². The van der Waals surface area contributed by atoms with Crippen LogP contribution < -0.4 is 4.90 Å². The lowest BCUT2D eigenvalue weighted by atomic mass is 9.87. The Kier molecular flexibility index (Phi) is 6.15. The van der Waals surface area contributed by atoms with Crippen molar-refractivity contribution < 1.29 is 18.8 Å². The van der Waals surface area contributed by atoms with Gasteiger partial charge < -0.3 is 14.2 Å². The summed E-state index contributed by atoms with van der Waals surface area (Å²) in [5.74, 6) is -0.0312. The highest BCUT2D eigenvalue weighted by molar-refractivity contribution is 7.10. The van der Waals surface area contributed by atoms with Crippen LogP contribution >= 0.6 is 11.3 Å². The lowest BCUT2D eigenvalue weighted by molar-refractivity contribution is -0.153. The zero-order valence-corrected chi connectivity index (χ0v) is 19.5. The predicted molar refractivity (Wildman–Crippen MR) is 121 cm³/mol. The zero-order chi connectivity index (χ0) is 22.9. The molecule has 3 heterocycles. The first-order valence-electron chi connectivity index (χ1n) is 10.7. The minimum Gasteiger partial charge on any atom is -0.455 e. The molecule has 4 rings (SSSR count). The van der Waals surface area contributed by atoms with Gasteiger partial charge in [-0.05, 0) is 36.9 Å². The molecule has 0 bridgehead atoms. The fraction of sp³-hybridized carbons (Fsp3) is 0.417. The molecule has 0 unspecified atom stereocenters. The molecule has 0 saturated carbocycles. The van der Waals surface area contributed by atoms with E-state index >= 15 is 0 Å². The van der Waals surface area contributed by atoms with E-state index in [1.807, 2.05) is 69.5 Å². The maximum absolute atomic E-state index is 13.2. The molecule has 0 N–H and O–H groups in total. The monoisotopic (exact) mass is 453 g/mol. The van der Waals surface area contributed by atoms with Crippen LogP contribution in [0.4, 0.5) is 5.69 Å². The van der Waals surface area contributed by atoms with E-state index in [-0.39, 0.29) is 36.2 Å². The number of ether oxygens (including phenoxy) is 1. The Bertz CT molecular complexity index is 1080. The molecule has 1 aliphatic rings. The second kappa shape index (κ2) is 8.86. The van der Waals surface area contributed by atoms with Crippen LogP contribution in [-0.2, 0) is 26.3 Å². The molecule has 32 heavy (non-hydrogen) atoms. The van der Waals surface area contributed by atoms with Crippen LogP contribution in [0.3, 0.4) is 0 Å². The summed E-state index contributed by atoms with van der Waals surface area (Å²) in [6.45, 7) is 7.86. The lowest BCUT2D eigenvalue weighted by Crippen LogP contribution is -2.45. The van der Waals surface area contributed by atoms with E-state index in [1.54, 1.807) is 4.90 Å². The van der Waals surface area contributed by atoms with E-state index in [0.29, 0.717) is 12.2 Å². The van der Waals surface area contributed by atoms with Crippen molar-refractivity contribution >= 4 is 28.9 Å². The van der Waals surface area contributed by atoms with Crippen molar-refractivity contribution in [2.75, 3.05) is 4.90 Å². The van der Waals surface area contributed by atoms with Crippen molar-refractivity contribution in [3.05, 3.63) is 63.9 Å². The number of carbonyl (C=O) groups excluding carboxylic acids is 2. The summed E-state index contributed by atoms with van der Waals surface area (Å²) >= 11 is 1.53. The van der Waals surface area contributed by atoms with Crippen LogP contribution in [0.5, 0.6) is 0 Å². The summed E-state index contributed by atoms with van der Waals surface area (Å²) in [6, 6.07) is 11.3. The Morgan fingerprint density at radius 1 is 1.25 bits per heavy atom. The Morgan fingerprint density at radius 3 is 2.62 bits per heavy atom. The number of benzene rings is 1. The topological polar surface area (TPSA) is 85.5 Å². The number of aromatic nitrogens is 2. The highest BCUT2D eigenvalue weighted by Crippen LogP contribution is 2.42. The largest absolute Gasteiger partial charge is 0.455 e. The number of hydrogen-bond donors (Lipinski definition) is 0. The molecule has 168 valence electrons. The van der Waals surface area contributed by atoms with Gasteiger partial charge in [0.15, 0.2) is 12.4 Å². The molecule has 1 aromatic carbocycles. The van der Waals surface area contributed by atoms with Gasteiger partial charge in [0.2, 0.25) is 5.91 Å². The molecule has 1 aliphatic heterocycles. The molecule has 2 aromatic heterocycles. The van der Waals surface area contributed by atoms with Crippen LogP contribution in [0, 0.1) is 12.8 Å². The third-order valence-corrected chi connectivity index (χ3v) is 6.47. The van der Waals surface area contributed by atoms with E-state index in [9.17, 15) is 9.59 Å². The summed E-state index contributed by atoms with van der Waals surface area (Å²) in [5.41, 5.74) is 1.63. The minimum absolute atomic E-state index is 0.00280. The van der Waals surface area contributed by atoms with Gasteiger partial charge in [0.1, 0.15) is 0 Å².